The number of hydrogen-bond donors (Lipinski definition) is 1. The molecule has 0 atom stereocenters. The normalized spacial score (nSPS) is 12.2. The van der Waals surface area contributed by atoms with Gasteiger partial charge in [0.1, 0.15) is 0 Å². The number of amidine groups is 1. The predicted octanol–water partition coefficient (Wildman–Crippen LogP) is 5.52. The van der Waals surface area contributed by atoms with Crippen molar-refractivity contribution in [2.24, 2.45) is 15.3 Å². The van der Waals surface area contributed by atoms with Gasteiger partial charge < -0.3 is 0 Å². The third-order valence-electron chi connectivity index (χ3n) is 3.22. The fourth-order valence-electron chi connectivity index (χ4n) is 1.93. The molecule has 0 aliphatic carbocycles. The highest BCUT2D eigenvalue weighted by atomic mass is 32.1. The van der Waals surface area contributed by atoms with Crippen LogP contribution in [0.5, 0.6) is 0 Å². The molecule has 0 bridgehead atoms. The molecule has 0 fully saturated rings. The second-order valence-electron chi connectivity index (χ2n) is 5.02. The Morgan fingerprint density at radius 2 is 1.91 bits per heavy atom. The zero-order valence-electron chi connectivity index (χ0n) is 13.0. The van der Waals surface area contributed by atoms with Crippen LogP contribution in [0.3, 0.4) is 0 Å². The van der Waals surface area contributed by atoms with Crippen molar-refractivity contribution in [2.45, 2.75) is 20.3 Å². The van der Waals surface area contributed by atoms with E-state index in [9.17, 15) is 0 Å². The zero-order valence-corrected chi connectivity index (χ0v) is 13.8. The van der Waals surface area contributed by atoms with Crippen LogP contribution in [-0.2, 0) is 0 Å². The van der Waals surface area contributed by atoms with Gasteiger partial charge in [-0.15, -0.1) is 10.2 Å². The standard InChI is InChI=1S/C17H17N5S/c1-3-16(20-19-13-10-8-12(2)9-11-13)21-22-17-18-14-6-4-5-7-15(14)23-17/h4-11,19H,3H2,1-2H3. The molecule has 1 aromatic heterocycles. The molecule has 3 aromatic rings. The molecule has 0 radical (unpaired) electrons. The molecule has 6 heteroatoms. The van der Waals surface area contributed by atoms with Crippen LogP contribution >= 0.6 is 11.3 Å². The maximum absolute atomic E-state index is 4.43. The first kappa shape index (κ1) is 15.3. The van der Waals surface area contributed by atoms with E-state index in [4.69, 9.17) is 0 Å². The van der Waals surface area contributed by atoms with Crippen molar-refractivity contribution >= 4 is 38.2 Å². The number of thiazole rings is 1. The van der Waals surface area contributed by atoms with Crippen molar-refractivity contribution in [3.05, 3.63) is 54.1 Å². The number of nitrogens with zero attached hydrogens (tertiary/aromatic N) is 4. The molecule has 0 saturated carbocycles. The number of nitrogens with one attached hydrogen (secondary N) is 1. The van der Waals surface area contributed by atoms with Crippen LogP contribution in [0.25, 0.3) is 10.2 Å². The van der Waals surface area contributed by atoms with Gasteiger partial charge in [-0.2, -0.15) is 5.10 Å². The van der Waals surface area contributed by atoms with Gasteiger partial charge in [-0.05, 0) is 31.2 Å². The number of benzene rings is 2. The minimum Gasteiger partial charge on any atom is -0.277 e. The van der Waals surface area contributed by atoms with E-state index in [-0.39, 0.29) is 0 Å². The lowest BCUT2D eigenvalue weighted by atomic mass is 10.2. The number of rotatable bonds is 4. The number of aromatic nitrogens is 1. The Kier molecular flexibility index (Phi) is 4.73. The number of anilines is 1. The van der Waals surface area contributed by atoms with Crippen LogP contribution in [0.1, 0.15) is 18.9 Å². The first-order valence-corrected chi connectivity index (χ1v) is 8.23. The van der Waals surface area contributed by atoms with E-state index >= 15 is 0 Å². The molecule has 1 heterocycles. The third-order valence-corrected chi connectivity index (χ3v) is 4.14. The smallest absolute Gasteiger partial charge is 0.231 e. The molecule has 0 aliphatic heterocycles. The fraction of sp³-hybridized carbons (Fsp3) is 0.176. The molecule has 5 nitrogen and oxygen atoms in total. The number of hydrazone groups is 1. The van der Waals surface area contributed by atoms with Gasteiger partial charge in [0, 0.05) is 6.42 Å². The van der Waals surface area contributed by atoms with Crippen LogP contribution < -0.4 is 5.43 Å². The monoisotopic (exact) mass is 323 g/mol. The van der Waals surface area contributed by atoms with Gasteiger partial charge in [-0.3, -0.25) is 5.43 Å². The van der Waals surface area contributed by atoms with Gasteiger partial charge >= 0.3 is 0 Å². The van der Waals surface area contributed by atoms with Crippen molar-refractivity contribution < 1.29 is 0 Å². The average molecular weight is 323 g/mol. The van der Waals surface area contributed by atoms with Gasteiger partial charge in [0.05, 0.1) is 15.9 Å². The summed E-state index contributed by atoms with van der Waals surface area (Å²) in [6.07, 6.45) is 0.688. The second kappa shape index (κ2) is 7.11. The molecule has 0 aliphatic rings. The molecular weight excluding hydrogens is 306 g/mol. The summed E-state index contributed by atoms with van der Waals surface area (Å²) in [5, 5.41) is 13.3. The number of hydrogen-bond acceptors (Lipinski definition) is 5. The van der Waals surface area contributed by atoms with E-state index in [0.29, 0.717) is 17.4 Å². The number of para-hydroxylation sites is 1. The lowest BCUT2D eigenvalue weighted by Gasteiger charge is -2.01. The lowest BCUT2D eigenvalue weighted by molar-refractivity contribution is 1.13. The molecule has 3 rings (SSSR count). The summed E-state index contributed by atoms with van der Waals surface area (Å²) >= 11 is 1.52. The summed E-state index contributed by atoms with van der Waals surface area (Å²) in [7, 11) is 0. The Morgan fingerprint density at radius 3 is 2.65 bits per heavy atom. The summed E-state index contributed by atoms with van der Waals surface area (Å²) in [6.45, 7) is 4.05. The first-order chi connectivity index (χ1) is 11.2. The van der Waals surface area contributed by atoms with Crippen molar-refractivity contribution in [2.75, 3.05) is 5.43 Å². The van der Waals surface area contributed by atoms with Crippen LogP contribution in [0, 0.1) is 6.92 Å². The fourth-order valence-corrected chi connectivity index (χ4v) is 2.72. The molecule has 116 valence electrons. The van der Waals surface area contributed by atoms with E-state index < -0.39 is 0 Å². The van der Waals surface area contributed by atoms with Crippen LogP contribution in [0.2, 0.25) is 0 Å². The van der Waals surface area contributed by atoms with Crippen LogP contribution in [0.4, 0.5) is 10.8 Å². The quantitative estimate of drug-likeness (QED) is 0.297. The summed E-state index contributed by atoms with van der Waals surface area (Å²) < 4.78 is 1.11. The number of aryl methyl sites for hydroxylation is 1. The van der Waals surface area contributed by atoms with Gasteiger partial charge in [-0.1, -0.05) is 48.1 Å². The summed E-state index contributed by atoms with van der Waals surface area (Å²) in [5.41, 5.74) is 6.09. The highest BCUT2D eigenvalue weighted by molar-refractivity contribution is 7.21. The van der Waals surface area contributed by atoms with E-state index in [1.54, 1.807) is 0 Å². The maximum atomic E-state index is 4.43. The van der Waals surface area contributed by atoms with E-state index in [0.717, 1.165) is 15.9 Å². The first-order valence-electron chi connectivity index (χ1n) is 7.41. The van der Waals surface area contributed by atoms with Crippen LogP contribution in [-0.4, -0.2) is 10.8 Å². The Hall–Kier alpha value is -2.60. The Balaban J connectivity index is 1.72. The number of azo groups is 1. The molecule has 1 N–H and O–H groups in total. The van der Waals surface area contributed by atoms with Crippen molar-refractivity contribution in [3.63, 3.8) is 0 Å². The topological polar surface area (TPSA) is 62.0 Å². The summed E-state index contributed by atoms with van der Waals surface area (Å²) in [4.78, 5) is 4.43. The SMILES string of the molecule is CCC(N=Nc1nc2ccccc2s1)=NNc1ccc(C)cc1. The van der Waals surface area contributed by atoms with Gasteiger partial charge in [0.2, 0.25) is 5.13 Å². The molecule has 2 aromatic carbocycles. The minimum absolute atomic E-state index is 0.629. The zero-order chi connectivity index (χ0) is 16.1. The lowest BCUT2D eigenvalue weighted by Crippen LogP contribution is -1.97. The van der Waals surface area contributed by atoms with E-state index in [2.05, 4.69) is 32.7 Å². The Morgan fingerprint density at radius 1 is 1.13 bits per heavy atom. The molecule has 0 saturated heterocycles. The summed E-state index contributed by atoms with van der Waals surface area (Å²) in [6, 6.07) is 16.0. The average Bonchev–Trinajstić information content (AvgIpc) is 2.99. The molecule has 23 heavy (non-hydrogen) atoms. The Bertz CT molecular complexity index is 816. The van der Waals surface area contributed by atoms with Gasteiger partial charge in [-0.25, -0.2) is 4.98 Å². The van der Waals surface area contributed by atoms with Crippen molar-refractivity contribution in [1.29, 1.82) is 0 Å². The van der Waals surface area contributed by atoms with Gasteiger partial charge in [0.15, 0.2) is 5.84 Å². The predicted molar refractivity (Wildman–Crippen MR) is 96.7 cm³/mol. The second-order valence-corrected chi connectivity index (χ2v) is 6.03. The molecular formula is C17H17N5S. The van der Waals surface area contributed by atoms with Crippen molar-refractivity contribution in [3.8, 4) is 0 Å². The highest BCUT2D eigenvalue weighted by Crippen LogP contribution is 2.27. The number of fused-ring (bicyclic) bond motifs is 1. The van der Waals surface area contributed by atoms with Crippen LogP contribution in [0.15, 0.2) is 63.9 Å². The highest BCUT2D eigenvalue weighted by Gasteiger charge is 2.02. The van der Waals surface area contributed by atoms with E-state index in [1.165, 1.54) is 16.9 Å². The Labute approximate surface area is 138 Å². The largest absolute Gasteiger partial charge is 0.277 e. The minimum atomic E-state index is 0.629. The van der Waals surface area contributed by atoms with Gasteiger partial charge in [0.25, 0.3) is 0 Å². The molecule has 0 unspecified atom stereocenters. The van der Waals surface area contributed by atoms with E-state index in [1.807, 2.05) is 55.5 Å². The summed E-state index contributed by atoms with van der Waals surface area (Å²) in [5.74, 6) is 0.629. The third kappa shape index (κ3) is 3.98. The molecule has 0 spiro atoms. The maximum Gasteiger partial charge on any atom is 0.231 e. The molecule has 0 amide bonds. The van der Waals surface area contributed by atoms with Crippen molar-refractivity contribution in [1.82, 2.24) is 4.98 Å².